The average molecular weight is 520 g/mol. The monoisotopic (exact) mass is 519 g/mol. The summed E-state index contributed by atoms with van der Waals surface area (Å²) in [6.07, 6.45) is 0. The molecule has 4 rings (SSSR count). The van der Waals surface area contributed by atoms with Gasteiger partial charge in [-0.15, -0.1) is 0 Å². The van der Waals surface area contributed by atoms with Crippen molar-refractivity contribution in [2.75, 3.05) is 10.0 Å². The highest BCUT2D eigenvalue weighted by Crippen LogP contribution is 2.34. The second kappa shape index (κ2) is 9.46. The summed E-state index contributed by atoms with van der Waals surface area (Å²) in [6.45, 7) is 1.50. The number of benzene rings is 3. The molecule has 174 valence electrons. The van der Waals surface area contributed by atoms with E-state index in [1.165, 1.54) is 55.5 Å². The van der Waals surface area contributed by atoms with E-state index < -0.39 is 21.7 Å². The predicted molar refractivity (Wildman–Crippen MR) is 128 cm³/mol. The molecule has 0 saturated heterocycles. The van der Waals surface area contributed by atoms with Crippen molar-refractivity contribution in [3.63, 3.8) is 0 Å². The lowest BCUT2D eigenvalue weighted by Gasteiger charge is -2.11. The SMILES string of the molecule is Cc1onc(-c2c(F)cccc2Cl)c1C(=O)Nc1cccc(S(=O)(=O)Nc2cccc(Cl)c2)c1. The Morgan fingerprint density at radius 3 is 2.44 bits per heavy atom. The van der Waals surface area contributed by atoms with E-state index in [-0.39, 0.29) is 43.9 Å². The molecular weight excluding hydrogens is 504 g/mol. The molecule has 1 heterocycles. The number of aryl methyl sites for hydroxylation is 1. The van der Waals surface area contributed by atoms with Crippen molar-refractivity contribution in [2.24, 2.45) is 0 Å². The van der Waals surface area contributed by atoms with Crippen LogP contribution >= 0.6 is 23.2 Å². The number of hydrogen-bond acceptors (Lipinski definition) is 5. The molecule has 4 aromatic rings. The third kappa shape index (κ3) is 4.91. The average Bonchev–Trinajstić information content (AvgIpc) is 3.14. The van der Waals surface area contributed by atoms with Crippen LogP contribution in [0, 0.1) is 12.7 Å². The number of rotatable bonds is 6. The van der Waals surface area contributed by atoms with Crippen molar-refractivity contribution < 1.29 is 22.1 Å². The number of aromatic nitrogens is 1. The lowest BCUT2D eigenvalue weighted by Crippen LogP contribution is -2.16. The Bertz CT molecular complexity index is 1490. The summed E-state index contributed by atoms with van der Waals surface area (Å²) in [7, 11) is -3.97. The number of nitrogens with one attached hydrogen (secondary N) is 2. The number of amides is 1. The zero-order chi connectivity index (χ0) is 24.5. The molecule has 0 unspecified atom stereocenters. The smallest absolute Gasteiger partial charge is 0.261 e. The molecule has 0 bridgehead atoms. The number of anilines is 2. The minimum absolute atomic E-state index is 0.0303. The number of sulfonamides is 1. The van der Waals surface area contributed by atoms with Gasteiger partial charge in [0.2, 0.25) is 0 Å². The summed E-state index contributed by atoms with van der Waals surface area (Å²) >= 11 is 12.0. The minimum Gasteiger partial charge on any atom is -0.360 e. The van der Waals surface area contributed by atoms with Gasteiger partial charge in [-0.05, 0) is 55.5 Å². The molecule has 0 aliphatic carbocycles. The van der Waals surface area contributed by atoms with Crippen LogP contribution in [0.4, 0.5) is 15.8 Å². The number of carbonyl (C=O) groups is 1. The zero-order valence-corrected chi connectivity index (χ0v) is 19.8. The fourth-order valence-corrected chi connectivity index (χ4v) is 4.77. The van der Waals surface area contributed by atoms with Crippen molar-refractivity contribution in [3.05, 3.63) is 93.9 Å². The van der Waals surface area contributed by atoms with E-state index in [1.807, 2.05) is 0 Å². The normalized spacial score (nSPS) is 11.3. The van der Waals surface area contributed by atoms with E-state index in [4.69, 9.17) is 27.7 Å². The van der Waals surface area contributed by atoms with Crippen LogP contribution in [-0.4, -0.2) is 19.5 Å². The summed E-state index contributed by atoms with van der Waals surface area (Å²) in [5.74, 6) is -1.21. The van der Waals surface area contributed by atoms with E-state index in [9.17, 15) is 17.6 Å². The first-order valence-electron chi connectivity index (χ1n) is 9.76. The van der Waals surface area contributed by atoms with Gasteiger partial charge in [-0.1, -0.05) is 46.6 Å². The fourth-order valence-electron chi connectivity index (χ4n) is 3.23. The molecule has 0 saturated carbocycles. The second-order valence-electron chi connectivity index (χ2n) is 7.16. The maximum Gasteiger partial charge on any atom is 0.261 e. The Hall–Kier alpha value is -3.40. The van der Waals surface area contributed by atoms with Crippen LogP contribution < -0.4 is 10.0 Å². The molecule has 0 aliphatic rings. The molecule has 3 aromatic carbocycles. The first-order chi connectivity index (χ1) is 16.2. The largest absolute Gasteiger partial charge is 0.360 e. The molecule has 11 heteroatoms. The molecule has 2 N–H and O–H groups in total. The Morgan fingerprint density at radius 2 is 1.71 bits per heavy atom. The summed E-state index contributed by atoms with van der Waals surface area (Å²) in [5.41, 5.74) is 0.300. The number of hydrogen-bond donors (Lipinski definition) is 2. The second-order valence-corrected chi connectivity index (χ2v) is 9.68. The molecule has 0 atom stereocenters. The number of nitrogens with zero attached hydrogens (tertiary/aromatic N) is 1. The van der Waals surface area contributed by atoms with Crippen LogP contribution in [0.15, 0.2) is 76.1 Å². The molecule has 1 aromatic heterocycles. The van der Waals surface area contributed by atoms with E-state index >= 15 is 0 Å². The highest BCUT2D eigenvalue weighted by Gasteiger charge is 2.26. The summed E-state index contributed by atoms with van der Waals surface area (Å²) in [4.78, 5) is 13.0. The van der Waals surface area contributed by atoms with Gasteiger partial charge in [0.05, 0.1) is 21.2 Å². The van der Waals surface area contributed by atoms with Crippen molar-refractivity contribution in [3.8, 4) is 11.3 Å². The summed E-state index contributed by atoms with van der Waals surface area (Å²) < 4.78 is 47.6. The maximum absolute atomic E-state index is 14.4. The maximum atomic E-state index is 14.4. The van der Waals surface area contributed by atoms with Crippen molar-refractivity contribution >= 4 is 50.5 Å². The zero-order valence-electron chi connectivity index (χ0n) is 17.5. The molecule has 1 amide bonds. The minimum atomic E-state index is -3.97. The van der Waals surface area contributed by atoms with Crippen molar-refractivity contribution in [2.45, 2.75) is 11.8 Å². The van der Waals surface area contributed by atoms with E-state index in [0.29, 0.717) is 5.02 Å². The highest BCUT2D eigenvalue weighted by atomic mass is 35.5. The Balaban J connectivity index is 1.63. The standard InChI is InChI=1S/C23H16Cl2FN3O4S/c1-13-20(22(28-33-13)21-18(25)9-4-10-19(21)26)23(30)27-15-6-3-8-17(12-15)34(31,32)29-16-7-2-5-14(24)11-16/h2-12,29H,1H3,(H,27,30). The van der Waals surface area contributed by atoms with Gasteiger partial charge in [-0.25, -0.2) is 12.8 Å². The Morgan fingerprint density at radius 1 is 1.00 bits per heavy atom. The third-order valence-electron chi connectivity index (χ3n) is 4.77. The quantitative estimate of drug-likeness (QED) is 0.318. The van der Waals surface area contributed by atoms with Crippen LogP contribution in [0.25, 0.3) is 11.3 Å². The van der Waals surface area contributed by atoms with Gasteiger partial charge in [-0.2, -0.15) is 0 Å². The van der Waals surface area contributed by atoms with E-state index in [0.717, 1.165) is 0 Å². The molecule has 34 heavy (non-hydrogen) atoms. The number of carbonyl (C=O) groups excluding carboxylic acids is 1. The van der Waals surface area contributed by atoms with Gasteiger partial charge in [0.25, 0.3) is 15.9 Å². The Labute approximate surface area is 204 Å². The van der Waals surface area contributed by atoms with Gasteiger partial charge in [0, 0.05) is 10.7 Å². The highest BCUT2D eigenvalue weighted by molar-refractivity contribution is 7.92. The molecule has 0 fully saturated rings. The third-order valence-corrected chi connectivity index (χ3v) is 6.70. The summed E-state index contributed by atoms with van der Waals surface area (Å²) in [6, 6.07) is 16.0. The molecule has 0 spiro atoms. The van der Waals surface area contributed by atoms with Crippen LogP contribution in [0.1, 0.15) is 16.1 Å². The fraction of sp³-hybridized carbons (Fsp3) is 0.0435. The first kappa shape index (κ1) is 23.7. The molecule has 0 radical (unpaired) electrons. The van der Waals surface area contributed by atoms with Gasteiger partial charge in [0.1, 0.15) is 22.8 Å². The molecular formula is C23H16Cl2FN3O4S. The van der Waals surface area contributed by atoms with Gasteiger partial charge >= 0.3 is 0 Å². The topological polar surface area (TPSA) is 101 Å². The predicted octanol–water partition coefficient (Wildman–Crippen LogP) is 6.15. The van der Waals surface area contributed by atoms with Gasteiger partial charge in [-0.3, -0.25) is 9.52 Å². The number of halogens is 3. The summed E-state index contributed by atoms with van der Waals surface area (Å²) in [5, 5.41) is 6.84. The van der Waals surface area contributed by atoms with Gasteiger partial charge < -0.3 is 9.84 Å². The van der Waals surface area contributed by atoms with Crippen LogP contribution in [0.2, 0.25) is 10.0 Å². The van der Waals surface area contributed by atoms with Crippen LogP contribution in [0.3, 0.4) is 0 Å². The lowest BCUT2D eigenvalue weighted by molar-refractivity contribution is 0.102. The molecule has 0 aliphatic heterocycles. The van der Waals surface area contributed by atoms with E-state index in [2.05, 4.69) is 15.2 Å². The Kier molecular flexibility index (Phi) is 6.60. The van der Waals surface area contributed by atoms with Crippen molar-refractivity contribution in [1.82, 2.24) is 5.16 Å². The van der Waals surface area contributed by atoms with Gasteiger partial charge in [0.15, 0.2) is 0 Å². The van der Waals surface area contributed by atoms with Crippen LogP contribution in [-0.2, 0) is 10.0 Å². The first-order valence-corrected chi connectivity index (χ1v) is 12.0. The van der Waals surface area contributed by atoms with E-state index in [1.54, 1.807) is 18.2 Å². The van der Waals surface area contributed by atoms with Crippen molar-refractivity contribution in [1.29, 1.82) is 0 Å². The van der Waals surface area contributed by atoms with Crippen LogP contribution in [0.5, 0.6) is 0 Å². The lowest BCUT2D eigenvalue weighted by atomic mass is 10.0. The molecule has 7 nitrogen and oxygen atoms in total.